The van der Waals surface area contributed by atoms with Gasteiger partial charge in [0.2, 0.25) is 5.95 Å². The third-order valence-corrected chi connectivity index (χ3v) is 4.37. The highest BCUT2D eigenvalue weighted by molar-refractivity contribution is 9.10. The number of nitro groups is 1. The first-order chi connectivity index (χ1) is 13.5. The minimum Gasteiger partial charge on any atom is -0.290 e. The molecule has 1 aromatic heterocycles. The molecule has 2 aromatic carbocycles. The van der Waals surface area contributed by atoms with Gasteiger partial charge in [0.1, 0.15) is 11.6 Å². The maximum absolute atomic E-state index is 12.2. The molecule has 3 rings (SSSR count). The van der Waals surface area contributed by atoms with E-state index in [1.807, 2.05) is 12.1 Å². The van der Waals surface area contributed by atoms with Crippen LogP contribution < -0.4 is 11.0 Å². The zero-order valence-corrected chi connectivity index (χ0v) is 15.7. The summed E-state index contributed by atoms with van der Waals surface area (Å²) in [5.41, 5.74) is 3.07. The van der Waals surface area contributed by atoms with Crippen LogP contribution in [0.1, 0.15) is 11.1 Å². The molecule has 0 spiro atoms. The molecule has 0 amide bonds. The average Bonchev–Trinajstić information content (AvgIpc) is 2.69. The van der Waals surface area contributed by atoms with Crippen LogP contribution in [0.2, 0.25) is 0 Å². The summed E-state index contributed by atoms with van der Waals surface area (Å²) in [5, 5.41) is 24.1. The number of hydrazone groups is 1. The second kappa shape index (κ2) is 8.24. The number of rotatable bonds is 5. The summed E-state index contributed by atoms with van der Waals surface area (Å²) in [6, 6.07) is 14.9. The first kappa shape index (κ1) is 18.9. The highest BCUT2D eigenvalue weighted by Crippen LogP contribution is 2.21. The molecule has 28 heavy (non-hydrogen) atoms. The summed E-state index contributed by atoms with van der Waals surface area (Å²) >= 11 is 3.29. The van der Waals surface area contributed by atoms with Gasteiger partial charge in [0.25, 0.3) is 11.2 Å². The first-order valence-electron chi connectivity index (χ1n) is 7.82. The van der Waals surface area contributed by atoms with Crippen molar-refractivity contribution in [2.45, 2.75) is 0 Å². The van der Waals surface area contributed by atoms with E-state index in [0.717, 1.165) is 0 Å². The SMILES string of the molecule is N#Cc1c(-c2ccccc2)nc(NN=Cc2cc([N+](=O)[O-])ccc2Br)[nH]c1=O. The maximum Gasteiger partial charge on any atom is 0.270 e. The smallest absolute Gasteiger partial charge is 0.270 e. The molecule has 0 saturated carbocycles. The zero-order chi connectivity index (χ0) is 20.1. The number of benzene rings is 2. The van der Waals surface area contributed by atoms with Crippen molar-refractivity contribution in [1.29, 1.82) is 5.26 Å². The van der Waals surface area contributed by atoms with Gasteiger partial charge in [-0.05, 0) is 6.07 Å². The van der Waals surface area contributed by atoms with Crippen molar-refractivity contribution in [1.82, 2.24) is 9.97 Å². The molecular formula is C18H11BrN6O3. The number of nitriles is 1. The van der Waals surface area contributed by atoms with E-state index in [1.165, 1.54) is 24.4 Å². The summed E-state index contributed by atoms with van der Waals surface area (Å²) in [4.78, 5) is 29.2. The van der Waals surface area contributed by atoms with E-state index in [0.29, 0.717) is 15.6 Å². The molecule has 0 saturated heterocycles. The number of hydrogen-bond acceptors (Lipinski definition) is 7. The lowest BCUT2D eigenvalue weighted by atomic mass is 10.1. The van der Waals surface area contributed by atoms with Crippen LogP contribution in [0.5, 0.6) is 0 Å². The molecular weight excluding hydrogens is 428 g/mol. The fourth-order valence-electron chi connectivity index (χ4n) is 2.34. The normalized spacial score (nSPS) is 10.6. The standard InChI is InChI=1S/C18H11BrN6O3/c19-15-7-6-13(25(27)28)8-12(15)10-21-24-18-22-16(11-4-2-1-3-5-11)14(9-20)17(26)23-18/h1-8,10H,(H2,22,23,24,26). The van der Waals surface area contributed by atoms with E-state index in [-0.39, 0.29) is 22.9 Å². The Bertz CT molecular complexity index is 1170. The summed E-state index contributed by atoms with van der Waals surface area (Å²) < 4.78 is 0.606. The van der Waals surface area contributed by atoms with Crippen LogP contribution in [0.15, 0.2) is 62.9 Å². The summed E-state index contributed by atoms with van der Waals surface area (Å²) in [5.74, 6) is 0.0284. The number of aromatic nitrogens is 2. The fraction of sp³-hybridized carbons (Fsp3) is 0. The second-order valence-electron chi connectivity index (χ2n) is 5.45. The molecule has 0 aliphatic rings. The van der Waals surface area contributed by atoms with Crippen molar-refractivity contribution in [3.63, 3.8) is 0 Å². The summed E-state index contributed by atoms with van der Waals surface area (Å²) in [7, 11) is 0. The number of hydrogen-bond donors (Lipinski definition) is 2. The molecule has 0 aliphatic carbocycles. The van der Waals surface area contributed by atoms with Crippen molar-refractivity contribution in [2.75, 3.05) is 5.43 Å². The van der Waals surface area contributed by atoms with Crippen LogP contribution in [0, 0.1) is 21.4 Å². The first-order valence-corrected chi connectivity index (χ1v) is 8.61. The lowest BCUT2D eigenvalue weighted by Gasteiger charge is -2.06. The second-order valence-corrected chi connectivity index (χ2v) is 6.30. The van der Waals surface area contributed by atoms with Crippen LogP contribution in [-0.4, -0.2) is 21.1 Å². The maximum atomic E-state index is 12.2. The molecule has 3 aromatic rings. The van der Waals surface area contributed by atoms with Gasteiger partial charge in [-0.25, -0.2) is 10.4 Å². The van der Waals surface area contributed by atoms with Gasteiger partial charge < -0.3 is 0 Å². The average molecular weight is 439 g/mol. The van der Waals surface area contributed by atoms with Gasteiger partial charge in [-0.15, -0.1) is 0 Å². The number of nitrogens with one attached hydrogen (secondary N) is 2. The number of anilines is 1. The number of aromatic amines is 1. The number of halogens is 1. The van der Waals surface area contributed by atoms with Crippen LogP contribution in [0.4, 0.5) is 11.6 Å². The van der Waals surface area contributed by atoms with Gasteiger partial charge in [-0.2, -0.15) is 10.4 Å². The molecule has 10 heteroatoms. The van der Waals surface area contributed by atoms with Crippen molar-refractivity contribution < 1.29 is 4.92 Å². The predicted octanol–water partition coefficient (Wildman–Crippen LogP) is 3.43. The molecule has 0 unspecified atom stereocenters. The summed E-state index contributed by atoms with van der Waals surface area (Å²) in [6.45, 7) is 0. The van der Waals surface area contributed by atoms with Crippen LogP contribution in [0.25, 0.3) is 11.3 Å². The third kappa shape index (κ3) is 4.11. The Morgan fingerprint density at radius 3 is 2.71 bits per heavy atom. The van der Waals surface area contributed by atoms with E-state index < -0.39 is 10.5 Å². The van der Waals surface area contributed by atoms with E-state index >= 15 is 0 Å². The Morgan fingerprint density at radius 2 is 2.04 bits per heavy atom. The molecule has 138 valence electrons. The predicted molar refractivity (Wildman–Crippen MR) is 107 cm³/mol. The Labute approximate surface area is 166 Å². The van der Waals surface area contributed by atoms with Crippen molar-refractivity contribution in [3.05, 3.63) is 84.6 Å². The van der Waals surface area contributed by atoms with Gasteiger partial charge in [0.15, 0.2) is 0 Å². The molecule has 0 fully saturated rings. The number of non-ortho nitro benzene ring substituents is 1. The van der Waals surface area contributed by atoms with E-state index in [1.54, 1.807) is 24.3 Å². The topological polar surface area (TPSA) is 137 Å². The molecule has 0 aliphatic heterocycles. The van der Waals surface area contributed by atoms with Crippen molar-refractivity contribution in [3.8, 4) is 17.3 Å². The quantitative estimate of drug-likeness (QED) is 0.355. The van der Waals surface area contributed by atoms with Gasteiger partial charge in [0, 0.05) is 27.7 Å². The molecule has 1 heterocycles. The van der Waals surface area contributed by atoms with E-state index in [2.05, 4.69) is 36.4 Å². The Morgan fingerprint density at radius 1 is 1.29 bits per heavy atom. The van der Waals surface area contributed by atoms with Gasteiger partial charge in [0.05, 0.1) is 16.8 Å². The van der Waals surface area contributed by atoms with Gasteiger partial charge in [-0.3, -0.25) is 19.9 Å². The lowest BCUT2D eigenvalue weighted by molar-refractivity contribution is -0.384. The van der Waals surface area contributed by atoms with Gasteiger partial charge >= 0.3 is 0 Å². The lowest BCUT2D eigenvalue weighted by Crippen LogP contribution is -2.16. The minimum atomic E-state index is -0.606. The Hall–Kier alpha value is -3.84. The van der Waals surface area contributed by atoms with E-state index in [4.69, 9.17) is 0 Å². The minimum absolute atomic E-state index is 0.0284. The molecule has 9 nitrogen and oxygen atoms in total. The zero-order valence-electron chi connectivity index (χ0n) is 14.1. The highest BCUT2D eigenvalue weighted by Gasteiger charge is 2.13. The van der Waals surface area contributed by atoms with Crippen molar-refractivity contribution in [2.24, 2.45) is 5.10 Å². The van der Waals surface area contributed by atoms with Crippen LogP contribution in [-0.2, 0) is 0 Å². The van der Waals surface area contributed by atoms with Crippen LogP contribution in [0.3, 0.4) is 0 Å². The Balaban J connectivity index is 1.92. The highest BCUT2D eigenvalue weighted by atomic mass is 79.9. The van der Waals surface area contributed by atoms with E-state index in [9.17, 15) is 20.2 Å². The number of nitrogens with zero attached hydrogens (tertiary/aromatic N) is 4. The molecule has 2 N–H and O–H groups in total. The van der Waals surface area contributed by atoms with Crippen LogP contribution >= 0.6 is 15.9 Å². The molecule has 0 radical (unpaired) electrons. The molecule has 0 atom stereocenters. The van der Waals surface area contributed by atoms with Crippen molar-refractivity contribution >= 4 is 33.8 Å². The molecule has 0 bridgehead atoms. The third-order valence-electron chi connectivity index (χ3n) is 3.64. The van der Waals surface area contributed by atoms with Gasteiger partial charge in [-0.1, -0.05) is 46.3 Å². The fourth-order valence-corrected chi connectivity index (χ4v) is 2.69. The number of H-pyrrole nitrogens is 1. The largest absolute Gasteiger partial charge is 0.290 e. The summed E-state index contributed by atoms with van der Waals surface area (Å²) in [6.07, 6.45) is 1.34. The monoisotopic (exact) mass is 438 g/mol. The Kier molecular flexibility index (Phi) is 5.57. The number of nitro benzene ring substituents is 1.